The largest absolute Gasteiger partial charge is 0.493 e. The maximum Gasteiger partial charge on any atom is 0.272 e. The first-order valence-electron chi connectivity index (χ1n) is 10.00. The number of carbonyl (C=O) groups excluding carboxylic acids is 2. The van der Waals surface area contributed by atoms with E-state index in [1.165, 1.54) is 27.4 Å². The van der Waals surface area contributed by atoms with Crippen LogP contribution in [0.15, 0.2) is 66.4 Å². The molecule has 0 radical (unpaired) electrons. The molecule has 0 unspecified atom stereocenters. The molecule has 0 fully saturated rings. The third-order valence-electron chi connectivity index (χ3n) is 4.65. The quantitative estimate of drug-likeness (QED) is 0.402. The lowest BCUT2D eigenvalue weighted by molar-refractivity contribution is -0.113. The number of anilines is 1. The molecule has 0 saturated carbocycles. The molecule has 0 saturated heterocycles. The van der Waals surface area contributed by atoms with Gasteiger partial charge in [0.1, 0.15) is 5.70 Å². The van der Waals surface area contributed by atoms with E-state index in [4.69, 9.17) is 37.4 Å². The van der Waals surface area contributed by atoms with Crippen LogP contribution in [0.5, 0.6) is 17.2 Å². The van der Waals surface area contributed by atoms with Crippen molar-refractivity contribution < 1.29 is 23.8 Å². The summed E-state index contributed by atoms with van der Waals surface area (Å²) in [5.41, 5.74) is 1.25. The highest BCUT2D eigenvalue weighted by molar-refractivity contribution is 6.35. The number of rotatable bonds is 8. The Hall–Kier alpha value is -3.68. The summed E-state index contributed by atoms with van der Waals surface area (Å²) in [5.74, 6) is 0.137. The molecule has 176 valence electrons. The van der Waals surface area contributed by atoms with Crippen molar-refractivity contribution >= 4 is 46.8 Å². The monoisotopic (exact) mass is 500 g/mol. The molecule has 2 N–H and O–H groups in total. The SMILES string of the molecule is COc1cc(C=C(NC(=O)c2ccccc2)C(=O)Nc2cc(Cl)cc(Cl)c2)cc(OC)c1OC. The van der Waals surface area contributed by atoms with Gasteiger partial charge in [-0.05, 0) is 54.1 Å². The lowest BCUT2D eigenvalue weighted by Gasteiger charge is -2.15. The van der Waals surface area contributed by atoms with Crippen LogP contribution in [0.3, 0.4) is 0 Å². The number of halogens is 2. The molecule has 3 aromatic rings. The van der Waals surface area contributed by atoms with Crippen LogP contribution in [-0.4, -0.2) is 33.1 Å². The number of nitrogens with one attached hydrogen (secondary N) is 2. The van der Waals surface area contributed by atoms with E-state index < -0.39 is 11.8 Å². The van der Waals surface area contributed by atoms with E-state index in [2.05, 4.69) is 10.6 Å². The first kappa shape index (κ1) is 25.0. The number of hydrogen-bond donors (Lipinski definition) is 2. The Morgan fingerprint density at radius 3 is 1.94 bits per heavy atom. The summed E-state index contributed by atoms with van der Waals surface area (Å²) in [6, 6.07) is 16.5. The van der Waals surface area contributed by atoms with Gasteiger partial charge in [0.15, 0.2) is 11.5 Å². The number of hydrogen-bond acceptors (Lipinski definition) is 5. The first-order valence-corrected chi connectivity index (χ1v) is 10.8. The van der Waals surface area contributed by atoms with Gasteiger partial charge in [0.05, 0.1) is 21.3 Å². The van der Waals surface area contributed by atoms with Crippen molar-refractivity contribution in [2.75, 3.05) is 26.6 Å². The molecular weight excluding hydrogens is 479 g/mol. The Morgan fingerprint density at radius 2 is 1.41 bits per heavy atom. The second-order valence-electron chi connectivity index (χ2n) is 6.95. The fourth-order valence-electron chi connectivity index (χ4n) is 3.12. The van der Waals surface area contributed by atoms with Gasteiger partial charge in [0, 0.05) is 21.3 Å². The Kier molecular flexibility index (Phi) is 8.40. The summed E-state index contributed by atoms with van der Waals surface area (Å²) >= 11 is 12.1. The average molecular weight is 501 g/mol. The van der Waals surface area contributed by atoms with Crippen molar-refractivity contribution in [3.05, 3.63) is 87.5 Å². The van der Waals surface area contributed by atoms with Crippen molar-refractivity contribution in [3.63, 3.8) is 0 Å². The van der Waals surface area contributed by atoms with Gasteiger partial charge in [-0.3, -0.25) is 9.59 Å². The Balaban J connectivity index is 2.02. The Bertz CT molecular complexity index is 1180. The van der Waals surface area contributed by atoms with Crippen LogP contribution in [0.4, 0.5) is 5.69 Å². The molecule has 9 heteroatoms. The minimum Gasteiger partial charge on any atom is -0.493 e. The standard InChI is InChI=1S/C25H22Cl2N2O5/c1-32-21-10-15(11-22(33-2)23(21)34-3)9-20(29-24(30)16-7-5-4-6-8-16)25(31)28-19-13-17(26)12-18(27)14-19/h4-14H,1-3H3,(H,28,31)(H,29,30). The number of methoxy groups -OCH3 is 3. The van der Waals surface area contributed by atoms with Crippen molar-refractivity contribution in [1.29, 1.82) is 0 Å². The minimum absolute atomic E-state index is 0.0285. The highest BCUT2D eigenvalue weighted by atomic mass is 35.5. The van der Waals surface area contributed by atoms with Gasteiger partial charge in [0.25, 0.3) is 11.8 Å². The van der Waals surface area contributed by atoms with Crippen molar-refractivity contribution in [3.8, 4) is 17.2 Å². The van der Waals surface area contributed by atoms with Gasteiger partial charge in [-0.25, -0.2) is 0 Å². The summed E-state index contributed by atoms with van der Waals surface area (Å²) in [6.07, 6.45) is 1.49. The normalized spacial score (nSPS) is 10.9. The summed E-state index contributed by atoms with van der Waals surface area (Å²) in [4.78, 5) is 26.0. The van der Waals surface area contributed by atoms with Crippen molar-refractivity contribution in [2.24, 2.45) is 0 Å². The zero-order valence-corrected chi connectivity index (χ0v) is 20.2. The molecule has 3 aromatic carbocycles. The van der Waals surface area contributed by atoms with Crippen LogP contribution in [0.1, 0.15) is 15.9 Å². The summed E-state index contributed by atoms with van der Waals surface area (Å²) in [7, 11) is 4.46. The molecule has 0 atom stereocenters. The molecule has 3 rings (SSSR count). The van der Waals surface area contributed by atoms with E-state index in [1.807, 2.05) is 0 Å². The number of ether oxygens (including phenoxy) is 3. The first-order chi connectivity index (χ1) is 16.3. The third-order valence-corrected chi connectivity index (χ3v) is 5.08. The summed E-state index contributed by atoms with van der Waals surface area (Å²) < 4.78 is 16.1. The maximum absolute atomic E-state index is 13.2. The maximum atomic E-state index is 13.2. The van der Waals surface area contributed by atoms with Crippen molar-refractivity contribution in [1.82, 2.24) is 5.32 Å². The van der Waals surface area contributed by atoms with E-state index >= 15 is 0 Å². The molecular formula is C25H22Cl2N2O5. The molecule has 7 nitrogen and oxygen atoms in total. The molecule has 0 aliphatic heterocycles. The summed E-state index contributed by atoms with van der Waals surface area (Å²) in [6.45, 7) is 0. The highest BCUT2D eigenvalue weighted by Gasteiger charge is 2.18. The summed E-state index contributed by atoms with van der Waals surface area (Å²) in [5, 5.41) is 6.07. The molecule has 0 heterocycles. The van der Waals surface area contributed by atoms with Gasteiger partial charge >= 0.3 is 0 Å². The van der Waals surface area contributed by atoms with E-state index in [0.717, 1.165) is 0 Å². The van der Waals surface area contributed by atoms with Crippen molar-refractivity contribution in [2.45, 2.75) is 0 Å². The predicted octanol–water partition coefficient (Wildman–Crippen LogP) is 5.43. The molecule has 0 aliphatic carbocycles. The number of amides is 2. The lowest BCUT2D eigenvalue weighted by Crippen LogP contribution is -2.30. The van der Waals surface area contributed by atoms with E-state index in [-0.39, 0.29) is 5.70 Å². The topological polar surface area (TPSA) is 85.9 Å². The van der Waals surface area contributed by atoms with E-state index in [0.29, 0.717) is 44.1 Å². The van der Waals surface area contributed by atoms with Gasteiger partial charge < -0.3 is 24.8 Å². The number of benzene rings is 3. The Morgan fingerprint density at radius 1 is 0.824 bits per heavy atom. The molecule has 34 heavy (non-hydrogen) atoms. The minimum atomic E-state index is -0.587. The van der Waals surface area contributed by atoms with E-state index in [1.54, 1.807) is 60.7 Å². The van der Waals surface area contributed by atoms with Crippen LogP contribution in [0, 0.1) is 0 Å². The van der Waals surface area contributed by atoms with Crippen LogP contribution in [-0.2, 0) is 4.79 Å². The van der Waals surface area contributed by atoms with Crippen LogP contribution in [0.2, 0.25) is 10.0 Å². The zero-order valence-electron chi connectivity index (χ0n) is 18.6. The molecule has 0 aromatic heterocycles. The second kappa shape index (κ2) is 11.4. The lowest BCUT2D eigenvalue weighted by atomic mass is 10.1. The Labute approximate surface area is 207 Å². The molecule has 0 aliphatic rings. The highest BCUT2D eigenvalue weighted by Crippen LogP contribution is 2.38. The molecule has 0 spiro atoms. The van der Waals surface area contributed by atoms with Crippen LogP contribution < -0.4 is 24.8 Å². The van der Waals surface area contributed by atoms with Gasteiger partial charge in [-0.1, -0.05) is 41.4 Å². The zero-order chi connectivity index (χ0) is 24.7. The van der Waals surface area contributed by atoms with E-state index in [9.17, 15) is 9.59 Å². The fraction of sp³-hybridized carbons (Fsp3) is 0.120. The molecule has 2 amide bonds. The average Bonchev–Trinajstić information content (AvgIpc) is 2.82. The fourth-order valence-corrected chi connectivity index (χ4v) is 3.64. The molecule has 0 bridgehead atoms. The number of carbonyl (C=O) groups is 2. The smallest absolute Gasteiger partial charge is 0.272 e. The second-order valence-corrected chi connectivity index (χ2v) is 7.82. The van der Waals surface area contributed by atoms with Gasteiger partial charge in [0.2, 0.25) is 5.75 Å². The third kappa shape index (κ3) is 6.21. The van der Waals surface area contributed by atoms with Crippen LogP contribution in [0.25, 0.3) is 6.08 Å². The van der Waals surface area contributed by atoms with Crippen LogP contribution >= 0.6 is 23.2 Å². The van der Waals surface area contributed by atoms with Gasteiger partial charge in [-0.2, -0.15) is 0 Å². The van der Waals surface area contributed by atoms with Gasteiger partial charge in [-0.15, -0.1) is 0 Å². The predicted molar refractivity (Wildman–Crippen MR) is 133 cm³/mol.